The number of rotatable bonds is 2. The van der Waals surface area contributed by atoms with E-state index in [2.05, 4.69) is 11.1 Å². The summed E-state index contributed by atoms with van der Waals surface area (Å²) in [6.45, 7) is 0.487. The molecule has 2 heterocycles. The summed E-state index contributed by atoms with van der Waals surface area (Å²) >= 11 is 1.61. The van der Waals surface area contributed by atoms with E-state index in [9.17, 15) is 0 Å². The molecule has 0 amide bonds. The van der Waals surface area contributed by atoms with E-state index in [0.29, 0.717) is 6.54 Å². The van der Waals surface area contributed by atoms with Crippen LogP contribution in [-0.2, 0) is 6.54 Å². The predicted octanol–water partition coefficient (Wildman–Crippen LogP) is 3.02. The van der Waals surface area contributed by atoms with Crippen LogP contribution in [0.5, 0.6) is 0 Å². The smallest absolute Gasteiger partial charge is 0.134 e. The topological polar surface area (TPSA) is 52.0 Å². The Morgan fingerprint density at radius 2 is 2.19 bits per heavy atom. The first-order valence-corrected chi connectivity index (χ1v) is 5.81. The Morgan fingerprint density at radius 1 is 1.31 bits per heavy atom. The van der Waals surface area contributed by atoms with Gasteiger partial charge in [-0.1, -0.05) is 18.2 Å². The molecule has 3 rings (SSSR count). The van der Waals surface area contributed by atoms with Gasteiger partial charge in [-0.25, -0.2) is 4.98 Å². The second-order valence-corrected chi connectivity index (χ2v) is 4.58. The van der Waals surface area contributed by atoms with Crippen molar-refractivity contribution in [2.75, 3.05) is 0 Å². The van der Waals surface area contributed by atoms with Gasteiger partial charge in [-0.15, -0.1) is 11.3 Å². The summed E-state index contributed by atoms with van der Waals surface area (Å²) in [4.78, 5) is 5.35. The number of fused-ring (bicyclic) bond motifs is 1. The molecule has 0 spiro atoms. The van der Waals surface area contributed by atoms with Crippen LogP contribution in [0.1, 0.15) is 5.01 Å². The minimum absolute atomic E-state index is 0.487. The van der Waals surface area contributed by atoms with Crippen molar-refractivity contribution in [3.63, 3.8) is 0 Å². The van der Waals surface area contributed by atoms with Crippen LogP contribution in [0, 0.1) is 0 Å². The predicted molar refractivity (Wildman–Crippen MR) is 65.2 cm³/mol. The Hall–Kier alpha value is -1.65. The van der Waals surface area contributed by atoms with Gasteiger partial charge < -0.3 is 10.2 Å². The van der Waals surface area contributed by atoms with Gasteiger partial charge in [0.2, 0.25) is 0 Å². The van der Waals surface area contributed by atoms with Crippen LogP contribution in [0.25, 0.3) is 21.4 Å². The third kappa shape index (κ3) is 1.43. The first-order chi connectivity index (χ1) is 7.88. The highest BCUT2D eigenvalue weighted by Crippen LogP contribution is 2.33. The van der Waals surface area contributed by atoms with Crippen molar-refractivity contribution >= 4 is 22.3 Å². The molecule has 0 saturated heterocycles. The van der Waals surface area contributed by atoms with E-state index >= 15 is 0 Å². The largest absolute Gasteiger partial charge is 0.464 e. The van der Waals surface area contributed by atoms with Crippen molar-refractivity contribution in [3.8, 4) is 10.4 Å². The molecule has 0 fully saturated rings. The summed E-state index contributed by atoms with van der Waals surface area (Å²) in [6, 6.07) is 7.99. The quantitative estimate of drug-likeness (QED) is 0.736. The van der Waals surface area contributed by atoms with Crippen LogP contribution in [0.4, 0.5) is 0 Å². The molecule has 2 aromatic heterocycles. The second-order valence-electron chi connectivity index (χ2n) is 3.47. The number of benzene rings is 1. The fourth-order valence-electron chi connectivity index (χ4n) is 1.70. The Bertz CT molecular complexity index is 627. The summed E-state index contributed by atoms with van der Waals surface area (Å²) in [6.07, 6.45) is 3.63. The number of aromatic nitrogens is 1. The third-order valence-electron chi connectivity index (χ3n) is 2.47. The SMILES string of the molecule is NCc1ncc(-c2coc3ccccc23)s1. The van der Waals surface area contributed by atoms with Crippen molar-refractivity contribution in [2.24, 2.45) is 5.73 Å². The Labute approximate surface area is 96.5 Å². The van der Waals surface area contributed by atoms with E-state index in [4.69, 9.17) is 10.2 Å². The monoisotopic (exact) mass is 230 g/mol. The fraction of sp³-hybridized carbons (Fsp3) is 0.0833. The van der Waals surface area contributed by atoms with E-state index in [1.165, 1.54) is 0 Å². The van der Waals surface area contributed by atoms with Crippen LogP contribution in [0.15, 0.2) is 41.1 Å². The van der Waals surface area contributed by atoms with Crippen molar-refractivity contribution in [1.82, 2.24) is 4.98 Å². The zero-order valence-corrected chi connectivity index (χ0v) is 9.33. The molecule has 0 radical (unpaired) electrons. The first-order valence-electron chi connectivity index (χ1n) is 5.00. The lowest BCUT2D eigenvalue weighted by atomic mass is 10.1. The molecule has 0 unspecified atom stereocenters. The molecule has 0 aliphatic heterocycles. The zero-order valence-electron chi connectivity index (χ0n) is 8.51. The Morgan fingerprint density at radius 3 is 3.00 bits per heavy atom. The van der Waals surface area contributed by atoms with Gasteiger partial charge >= 0.3 is 0 Å². The lowest BCUT2D eigenvalue weighted by Gasteiger charge is -1.91. The van der Waals surface area contributed by atoms with Crippen molar-refractivity contribution in [1.29, 1.82) is 0 Å². The fourth-order valence-corrected chi connectivity index (χ4v) is 2.51. The normalized spacial score (nSPS) is 11.1. The van der Waals surface area contributed by atoms with Gasteiger partial charge in [-0.2, -0.15) is 0 Å². The number of furan rings is 1. The van der Waals surface area contributed by atoms with E-state index in [0.717, 1.165) is 26.4 Å². The Kier molecular flexibility index (Phi) is 2.23. The molecule has 0 aliphatic rings. The maximum absolute atomic E-state index is 5.55. The van der Waals surface area contributed by atoms with Crippen LogP contribution in [0.3, 0.4) is 0 Å². The average molecular weight is 230 g/mol. The lowest BCUT2D eigenvalue weighted by Crippen LogP contribution is -1.93. The van der Waals surface area contributed by atoms with Crippen LogP contribution >= 0.6 is 11.3 Å². The highest BCUT2D eigenvalue weighted by molar-refractivity contribution is 7.15. The molecule has 4 heteroatoms. The Balaban J connectivity index is 2.18. The first kappa shape index (κ1) is 9.57. The summed E-state index contributed by atoms with van der Waals surface area (Å²) in [5, 5.41) is 2.06. The second kappa shape index (κ2) is 3.73. The minimum Gasteiger partial charge on any atom is -0.464 e. The van der Waals surface area contributed by atoms with E-state index in [-0.39, 0.29) is 0 Å². The molecule has 3 aromatic rings. The standard InChI is InChI=1S/C12H10N2OS/c13-5-12-14-6-11(16-12)9-7-15-10-4-2-1-3-8(9)10/h1-4,6-7H,5,13H2. The van der Waals surface area contributed by atoms with Crippen molar-refractivity contribution in [3.05, 3.63) is 41.7 Å². The number of hydrogen-bond donors (Lipinski definition) is 1. The van der Waals surface area contributed by atoms with Gasteiger partial charge in [-0.3, -0.25) is 0 Å². The maximum atomic E-state index is 5.55. The number of nitrogens with zero attached hydrogens (tertiary/aromatic N) is 1. The highest BCUT2D eigenvalue weighted by Gasteiger charge is 2.10. The summed E-state index contributed by atoms with van der Waals surface area (Å²) < 4.78 is 5.49. The van der Waals surface area contributed by atoms with Crippen molar-refractivity contribution in [2.45, 2.75) is 6.54 Å². The highest BCUT2D eigenvalue weighted by atomic mass is 32.1. The van der Waals surface area contributed by atoms with Gasteiger partial charge in [0.15, 0.2) is 0 Å². The molecular weight excluding hydrogens is 220 g/mol. The van der Waals surface area contributed by atoms with E-state index < -0.39 is 0 Å². The lowest BCUT2D eigenvalue weighted by molar-refractivity contribution is 0.617. The molecular formula is C12H10N2OS. The molecule has 80 valence electrons. The minimum atomic E-state index is 0.487. The molecule has 0 bridgehead atoms. The molecule has 0 saturated carbocycles. The van der Waals surface area contributed by atoms with Crippen LogP contribution < -0.4 is 5.73 Å². The van der Waals surface area contributed by atoms with E-state index in [1.54, 1.807) is 17.6 Å². The molecule has 0 atom stereocenters. The molecule has 3 nitrogen and oxygen atoms in total. The molecule has 16 heavy (non-hydrogen) atoms. The van der Waals surface area contributed by atoms with Gasteiger partial charge in [0.1, 0.15) is 16.9 Å². The summed E-state index contributed by atoms with van der Waals surface area (Å²) in [7, 11) is 0. The van der Waals surface area contributed by atoms with Gasteiger partial charge in [0.25, 0.3) is 0 Å². The van der Waals surface area contributed by atoms with E-state index in [1.807, 2.05) is 24.4 Å². The van der Waals surface area contributed by atoms with Crippen molar-refractivity contribution < 1.29 is 4.42 Å². The third-order valence-corrected chi connectivity index (χ3v) is 3.53. The summed E-state index contributed by atoms with van der Waals surface area (Å²) in [5.41, 5.74) is 7.55. The number of nitrogens with two attached hydrogens (primary N) is 1. The molecule has 2 N–H and O–H groups in total. The number of thiazole rings is 1. The van der Waals surface area contributed by atoms with Gasteiger partial charge in [-0.05, 0) is 6.07 Å². The van der Waals surface area contributed by atoms with Crippen LogP contribution in [0.2, 0.25) is 0 Å². The van der Waals surface area contributed by atoms with Gasteiger partial charge in [0.05, 0.1) is 4.88 Å². The number of hydrogen-bond acceptors (Lipinski definition) is 4. The molecule has 0 aliphatic carbocycles. The van der Waals surface area contributed by atoms with Crippen LogP contribution in [-0.4, -0.2) is 4.98 Å². The zero-order chi connectivity index (χ0) is 11.0. The van der Waals surface area contributed by atoms with Gasteiger partial charge in [0, 0.05) is 23.7 Å². The average Bonchev–Trinajstić information content (AvgIpc) is 2.94. The maximum Gasteiger partial charge on any atom is 0.134 e. The number of para-hydroxylation sites is 1. The molecule has 1 aromatic carbocycles. The summed E-state index contributed by atoms with van der Waals surface area (Å²) in [5.74, 6) is 0.